The van der Waals surface area contributed by atoms with Gasteiger partial charge in [-0.15, -0.1) is 0 Å². The number of hydrogen-bond acceptors (Lipinski definition) is 3. The maximum absolute atomic E-state index is 13.4. The zero-order valence-corrected chi connectivity index (χ0v) is 14.1. The molecule has 0 aromatic heterocycles. The highest BCUT2D eigenvalue weighted by atomic mass is 19.1. The van der Waals surface area contributed by atoms with E-state index in [2.05, 4.69) is 19.2 Å². The molecule has 1 aliphatic rings. The molecule has 24 heavy (non-hydrogen) atoms. The zero-order valence-electron chi connectivity index (χ0n) is 14.1. The van der Waals surface area contributed by atoms with E-state index >= 15 is 0 Å². The lowest BCUT2D eigenvalue weighted by atomic mass is 9.78. The molecule has 0 spiro atoms. The van der Waals surface area contributed by atoms with Crippen LogP contribution in [-0.2, 0) is 14.3 Å². The van der Waals surface area contributed by atoms with Gasteiger partial charge in [0.05, 0.1) is 0 Å². The second-order valence-corrected chi connectivity index (χ2v) is 6.40. The van der Waals surface area contributed by atoms with Crippen molar-refractivity contribution in [3.63, 3.8) is 0 Å². The number of esters is 1. The number of amides is 1. The molecule has 0 heterocycles. The van der Waals surface area contributed by atoms with Gasteiger partial charge in [-0.3, -0.25) is 4.79 Å². The predicted octanol–water partition coefficient (Wildman–Crippen LogP) is 3.32. The van der Waals surface area contributed by atoms with Crippen LogP contribution in [0.25, 0.3) is 6.08 Å². The van der Waals surface area contributed by atoms with Gasteiger partial charge in [-0.05, 0) is 30.4 Å². The smallest absolute Gasteiger partial charge is 0.331 e. The van der Waals surface area contributed by atoms with E-state index in [-0.39, 0.29) is 18.6 Å². The normalized spacial score (nSPS) is 23.9. The van der Waals surface area contributed by atoms with Crippen LogP contribution in [0.5, 0.6) is 0 Å². The van der Waals surface area contributed by atoms with E-state index in [1.54, 1.807) is 18.2 Å². The summed E-state index contributed by atoms with van der Waals surface area (Å²) < 4.78 is 18.3. The van der Waals surface area contributed by atoms with Crippen molar-refractivity contribution in [3.8, 4) is 0 Å². The van der Waals surface area contributed by atoms with Crippen LogP contribution < -0.4 is 5.32 Å². The Balaban J connectivity index is 1.77. The topological polar surface area (TPSA) is 55.4 Å². The van der Waals surface area contributed by atoms with Crippen LogP contribution in [0.2, 0.25) is 0 Å². The monoisotopic (exact) mass is 333 g/mol. The van der Waals surface area contributed by atoms with Crippen molar-refractivity contribution in [2.45, 2.75) is 39.2 Å². The van der Waals surface area contributed by atoms with E-state index in [9.17, 15) is 14.0 Å². The summed E-state index contributed by atoms with van der Waals surface area (Å²) in [6, 6.07) is 6.24. The number of ether oxygens (including phenoxy) is 1. The lowest BCUT2D eigenvalue weighted by Gasteiger charge is -2.34. The Hall–Kier alpha value is -2.17. The average molecular weight is 333 g/mol. The van der Waals surface area contributed by atoms with Crippen LogP contribution in [0.3, 0.4) is 0 Å². The fraction of sp³-hybridized carbons (Fsp3) is 0.474. The SMILES string of the molecule is C[C@H]1[C@@H](NC(=O)COC(=O)/C=C/c2ccccc2F)CCC[C@@H]1C. The summed E-state index contributed by atoms with van der Waals surface area (Å²) in [5.74, 6) is -0.388. The molecular formula is C19H24FNO3. The Morgan fingerprint density at radius 2 is 2.04 bits per heavy atom. The first-order chi connectivity index (χ1) is 11.5. The summed E-state index contributed by atoms with van der Waals surface area (Å²) in [4.78, 5) is 23.6. The maximum Gasteiger partial charge on any atom is 0.331 e. The Labute approximate surface area is 142 Å². The van der Waals surface area contributed by atoms with Gasteiger partial charge < -0.3 is 10.1 Å². The van der Waals surface area contributed by atoms with E-state index in [4.69, 9.17) is 4.74 Å². The number of nitrogens with one attached hydrogen (secondary N) is 1. The minimum atomic E-state index is -0.668. The summed E-state index contributed by atoms with van der Waals surface area (Å²) in [6.07, 6.45) is 5.70. The minimum Gasteiger partial charge on any atom is -0.452 e. The molecule has 1 N–H and O–H groups in total. The standard InChI is InChI=1S/C19H24FNO3/c1-13-6-5-9-17(14(13)2)21-18(22)12-24-19(23)11-10-15-7-3-4-8-16(15)20/h3-4,7-8,10-11,13-14,17H,5-6,9,12H2,1-2H3,(H,21,22)/b11-10+/t13-,14+,17-/m0/s1. The summed E-state index contributed by atoms with van der Waals surface area (Å²) in [7, 11) is 0. The molecule has 0 aliphatic heterocycles. The Bertz CT molecular complexity index is 614. The fourth-order valence-electron chi connectivity index (χ4n) is 2.99. The van der Waals surface area contributed by atoms with Gasteiger partial charge in [0.25, 0.3) is 5.91 Å². The third-order valence-corrected chi connectivity index (χ3v) is 4.70. The van der Waals surface area contributed by atoms with Gasteiger partial charge in [-0.25, -0.2) is 9.18 Å². The predicted molar refractivity (Wildman–Crippen MR) is 90.5 cm³/mol. The molecule has 2 rings (SSSR count). The van der Waals surface area contributed by atoms with E-state index in [1.165, 1.54) is 18.6 Å². The molecule has 1 fully saturated rings. The van der Waals surface area contributed by atoms with Crippen molar-refractivity contribution >= 4 is 18.0 Å². The van der Waals surface area contributed by atoms with Crippen molar-refractivity contribution in [1.82, 2.24) is 5.32 Å². The summed E-state index contributed by atoms with van der Waals surface area (Å²) in [5.41, 5.74) is 0.295. The largest absolute Gasteiger partial charge is 0.452 e. The molecule has 130 valence electrons. The molecule has 1 aliphatic carbocycles. The van der Waals surface area contributed by atoms with Crippen LogP contribution in [0.15, 0.2) is 30.3 Å². The number of carbonyl (C=O) groups excluding carboxylic acids is 2. The van der Waals surface area contributed by atoms with E-state index < -0.39 is 11.8 Å². The van der Waals surface area contributed by atoms with Gasteiger partial charge in [-0.1, -0.05) is 44.9 Å². The lowest BCUT2D eigenvalue weighted by molar-refractivity contribution is -0.144. The molecular weight excluding hydrogens is 309 g/mol. The molecule has 5 heteroatoms. The first kappa shape index (κ1) is 18.2. The number of benzene rings is 1. The van der Waals surface area contributed by atoms with Crippen molar-refractivity contribution in [2.24, 2.45) is 11.8 Å². The molecule has 1 amide bonds. The number of hydrogen-bond donors (Lipinski definition) is 1. The average Bonchev–Trinajstić information content (AvgIpc) is 2.56. The molecule has 1 saturated carbocycles. The van der Waals surface area contributed by atoms with E-state index in [0.29, 0.717) is 17.4 Å². The molecule has 3 atom stereocenters. The van der Waals surface area contributed by atoms with Crippen molar-refractivity contribution < 1.29 is 18.7 Å². The highest BCUT2D eigenvalue weighted by Crippen LogP contribution is 2.29. The van der Waals surface area contributed by atoms with Crippen molar-refractivity contribution in [3.05, 3.63) is 41.7 Å². The molecule has 0 unspecified atom stereocenters. The molecule has 0 radical (unpaired) electrons. The highest BCUT2D eigenvalue weighted by molar-refractivity contribution is 5.89. The van der Waals surface area contributed by atoms with E-state index in [1.807, 2.05) is 0 Å². The van der Waals surface area contributed by atoms with Gasteiger partial charge in [0.1, 0.15) is 5.82 Å². The van der Waals surface area contributed by atoms with Gasteiger partial charge in [0.2, 0.25) is 0 Å². The number of carbonyl (C=O) groups is 2. The van der Waals surface area contributed by atoms with Crippen LogP contribution >= 0.6 is 0 Å². The Kier molecular flexibility index (Phi) is 6.53. The molecule has 0 saturated heterocycles. The van der Waals surface area contributed by atoms with Gasteiger partial charge >= 0.3 is 5.97 Å². The van der Waals surface area contributed by atoms with Gasteiger partial charge in [-0.2, -0.15) is 0 Å². The Morgan fingerprint density at radius 3 is 2.79 bits per heavy atom. The van der Waals surface area contributed by atoms with Crippen molar-refractivity contribution in [1.29, 1.82) is 0 Å². The quantitative estimate of drug-likeness (QED) is 0.664. The molecule has 1 aromatic rings. The third kappa shape index (κ3) is 5.18. The molecule has 4 nitrogen and oxygen atoms in total. The number of rotatable bonds is 5. The second kappa shape index (κ2) is 8.62. The van der Waals surface area contributed by atoms with Crippen LogP contribution in [0, 0.1) is 17.7 Å². The van der Waals surface area contributed by atoms with Gasteiger partial charge in [0, 0.05) is 17.7 Å². The first-order valence-electron chi connectivity index (χ1n) is 8.36. The lowest BCUT2D eigenvalue weighted by Crippen LogP contribution is -2.45. The molecule has 0 bridgehead atoms. The van der Waals surface area contributed by atoms with Crippen LogP contribution in [-0.4, -0.2) is 24.5 Å². The zero-order chi connectivity index (χ0) is 17.5. The maximum atomic E-state index is 13.4. The highest BCUT2D eigenvalue weighted by Gasteiger charge is 2.28. The summed E-state index contributed by atoms with van der Waals surface area (Å²) in [6.45, 7) is 4.01. The summed E-state index contributed by atoms with van der Waals surface area (Å²) >= 11 is 0. The first-order valence-corrected chi connectivity index (χ1v) is 8.36. The molecule has 1 aromatic carbocycles. The van der Waals surface area contributed by atoms with Crippen molar-refractivity contribution in [2.75, 3.05) is 6.61 Å². The Morgan fingerprint density at radius 1 is 1.29 bits per heavy atom. The second-order valence-electron chi connectivity index (χ2n) is 6.40. The minimum absolute atomic E-state index is 0.133. The summed E-state index contributed by atoms with van der Waals surface area (Å²) in [5, 5.41) is 2.94. The van der Waals surface area contributed by atoms with Gasteiger partial charge in [0.15, 0.2) is 6.61 Å². The van der Waals surface area contributed by atoms with E-state index in [0.717, 1.165) is 18.9 Å². The number of halogens is 1. The van der Waals surface area contributed by atoms with Crippen LogP contribution in [0.4, 0.5) is 4.39 Å². The fourth-order valence-corrected chi connectivity index (χ4v) is 2.99. The van der Waals surface area contributed by atoms with Crippen LogP contribution in [0.1, 0.15) is 38.7 Å². The third-order valence-electron chi connectivity index (χ3n) is 4.70.